The molecule has 1 unspecified atom stereocenters. The fraction of sp³-hybridized carbons (Fsp3) is 0.500. The standard InChI is InChI=1S/C24H35N5OS/c1-5-25-24(26-12-9-19-7-6-8-20(15-19)23(30)28(3)4)27-16-18(2)29-13-10-22-21(17-29)11-14-31-22/h6-8,11,14-15,18H,5,9-10,12-13,16-17H2,1-4H3,(H2,25,26,27). The van der Waals surface area contributed by atoms with E-state index in [9.17, 15) is 4.79 Å². The van der Waals surface area contributed by atoms with E-state index in [0.717, 1.165) is 62.7 Å². The predicted molar refractivity (Wildman–Crippen MR) is 130 cm³/mol. The van der Waals surface area contributed by atoms with E-state index in [-0.39, 0.29) is 5.91 Å². The van der Waals surface area contributed by atoms with Crippen LogP contribution in [0.2, 0.25) is 0 Å². The quantitative estimate of drug-likeness (QED) is 0.488. The predicted octanol–water partition coefficient (Wildman–Crippen LogP) is 2.99. The number of hydrogen-bond donors (Lipinski definition) is 2. The molecule has 31 heavy (non-hydrogen) atoms. The van der Waals surface area contributed by atoms with Crippen LogP contribution in [0, 0.1) is 0 Å². The minimum absolute atomic E-state index is 0.0333. The lowest BCUT2D eigenvalue weighted by Crippen LogP contribution is -2.41. The Hall–Kier alpha value is -2.38. The van der Waals surface area contributed by atoms with Crippen molar-refractivity contribution in [3.8, 4) is 0 Å². The lowest BCUT2D eigenvalue weighted by atomic mass is 10.1. The van der Waals surface area contributed by atoms with Gasteiger partial charge in [0.1, 0.15) is 0 Å². The maximum absolute atomic E-state index is 12.2. The fourth-order valence-corrected chi connectivity index (χ4v) is 4.66. The molecule has 0 saturated carbocycles. The minimum Gasteiger partial charge on any atom is -0.357 e. The van der Waals surface area contributed by atoms with Crippen molar-refractivity contribution < 1.29 is 4.79 Å². The molecule has 0 fully saturated rings. The van der Waals surface area contributed by atoms with Gasteiger partial charge in [-0.1, -0.05) is 12.1 Å². The molecule has 7 heteroatoms. The highest BCUT2D eigenvalue weighted by molar-refractivity contribution is 7.10. The van der Waals surface area contributed by atoms with E-state index in [1.807, 2.05) is 29.5 Å². The zero-order valence-corrected chi connectivity index (χ0v) is 20.0. The number of aliphatic imine (C=N–C) groups is 1. The number of carbonyl (C=O) groups is 1. The number of rotatable bonds is 8. The topological polar surface area (TPSA) is 60.0 Å². The Bertz CT molecular complexity index is 892. The number of hydrogen-bond acceptors (Lipinski definition) is 4. The highest BCUT2D eigenvalue weighted by Crippen LogP contribution is 2.25. The summed E-state index contributed by atoms with van der Waals surface area (Å²) in [6.07, 6.45) is 1.98. The summed E-state index contributed by atoms with van der Waals surface area (Å²) < 4.78 is 0. The van der Waals surface area contributed by atoms with Crippen molar-refractivity contribution in [3.05, 3.63) is 57.3 Å². The molecular formula is C24H35N5OS. The lowest BCUT2D eigenvalue weighted by Gasteiger charge is -2.31. The van der Waals surface area contributed by atoms with Gasteiger partial charge in [0.05, 0.1) is 6.54 Å². The minimum atomic E-state index is 0.0333. The summed E-state index contributed by atoms with van der Waals surface area (Å²) in [7, 11) is 3.56. The first kappa shape index (κ1) is 23.3. The number of guanidine groups is 1. The third kappa shape index (κ3) is 6.55. The zero-order valence-electron chi connectivity index (χ0n) is 19.1. The second kappa shape index (κ2) is 11.3. The summed E-state index contributed by atoms with van der Waals surface area (Å²) in [4.78, 5) is 22.7. The Balaban J connectivity index is 1.51. The van der Waals surface area contributed by atoms with Crippen molar-refractivity contribution in [1.82, 2.24) is 20.4 Å². The molecule has 1 amide bonds. The Morgan fingerprint density at radius 2 is 2.13 bits per heavy atom. The van der Waals surface area contributed by atoms with Gasteiger partial charge in [0.25, 0.3) is 5.91 Å². The first-order valence-electron chi connectivity index (χ1n) is 11.1. The van der Waals surface area contributed by atoms with Crippen molar-refractivity contribution in [2.75, 3.05) is 40.3 Å². The van der Waals surface area contributed by atoms with Gasteiger partial charge in [0.2, 0.25) is 0 Å². The van der Waals surface area contributed by atoms with Gasteiger partial charge in [-0.3, -0.25) is 14.7 Å². The molecule has 0 radical (unpaired) electrons. The van der Waals surface area contributed by atoms with Crippen LogP contribution in [0.3, 0.4) is 0 Å². The summed E-state index contributed by atoms with van der Waals surface area (Å²) in [5.41, 5.74) is 3.35. The molecule has 168 valence electrons. The Kier molecular flexibility index (Phi) is 8.49. The molecule has 0 saturated heterocycles. The number of nitrogens with one attached hydrogen (secondary N) is 2. The summed E-state index contributed by atoms with van der Waals surface area (Å²) in [5, 5.41) is 8.99. The Morgan fingerprint density at radius 3 is 2.90 bits per heavy atom. The van der Waals surface area contributed by atoms with Gasteiger partial charge in [0, 0.05) is 56.8 Å². The van der Waals surface area contributed by atoms with Gasteiger partial charge in [-0.2, -0.15) is 0 Å². The van der Waals surface area contributed by atoms with E-state index in [0.29, 0.717) is 6.04 Å². The van der Waals surface area contributed by atoms with E-state index >= 15 is 0 Å². The maximum Gasteiger partial charge on any atom is 0.253 e. The smallest absolute Gasteiger partial charge is 0.253 e. The largest absolute Gasteiger partial charge is 0.357 e. The maximum atomic E-state index is 12.2. The Labute approximate surface area is 190 Å². The molecule has 6 nitrogen and oxygen atoms in total. The van der Waals surface area contributed by atoms with Crippen molar-refractivity contribution in [3.63, 3.8) is 0 Å². The van der Waals surface area contributed by atoms with Crippen molar-refractivity contribution in [1.29, 1.82) is 0 Å². The van der Waals surface area contributed by atoms with Gasteiger partial charge < -0.3 is 15.5 Å². The average Bonchev–Trinajstić information content (AvgIpc) is 3.24. The highest BCUT2D eigenvalue weighted by atomic mass is 32.1. The Morgan fingerprint density at radius 1 is 1.29 bits per heavy atom. The van der Waals surface area contributed by atoms with Gasteiger partial charge in [-0.25, -0.2) is 0 Å². The van der Waals surface area contributed by atoms with E-state index in [4.69, 9.17) is 4.99 Å². The van der Waals surface area contributed by atoms with Gasteiger partial charge >= 0.3 is 0 Å². The van der Waals surface area contributed by atoms with Crippen molar-refractivity contribution in [2.24, 2.45) is 4.99 Å². The molecular weight excluding hydrogens is 406 g/mol. The number of thiophene rings is 1. The molecule has 0 spiro atoms. The van der Waals surface area contributed by atoms with Crippen molar-refractivity contribution >= 4 is 23.2 Å². The molecule has 1 aromatic heterocycles. The average molecular weight is 442 g/mol. The monoisotopic (exact) mass is 441 g/mol. The SMILES string of the molecule is CCNC(=NCC(C)N1CCc2sccc2C1)NCCc1cccc(C(=O)N(C)C)c1. The van der Waals surface area contributed by atoms with Crippen LogP contribution in [0.15, 0.2) is 40.7 Å². The summed E-state index contributed by atoms with van der Waals surface area (Å²) in [6.45, 7) is 8.84. The third-order valence-corrected chi connectivity index (χ3v) is 6.63. The lowest BCUT2D eigenvalue weighted by molar-refractivity contribution is 0.0827. The molecule has 2 heterocycles. The molecule has 0 bridgehead atoms. The van der Waals surface area contributed by atoms with Crippen molar-refractivity contribution in [2.45, 2.75) is 39.3 Å². The first-order valence-corrected chi connectivity index (χ1v) is 12.0. The van der Waals surface area contributed by atoms with E-state index in [2.05, 4.69) is 46.9 Å². The number of nitrogens with zero attached hydrogens (tertiary/aromatic N) is 3. The molecule has 1 atom stereocenters. The normalized spacial score (nSPS) is 15.3. The summed E-state index contributed by atoms with van der Waals surface area (Å²) in [6, 6.07) is 10.5. The molecule has 2 N–H and O–H groups in total. The first-order chi connectivity index (χ1) is 15.0. The molecule has 2 aromatic rings. The van der Waals surface area contributed by atoms with Crippen LogP contribution >= 0.6 is 11.3 Å². The van der Waals surface area contributed by atoms with Crippen LogP contribution in [0.5, 0.6) is 0 Å². The van der Waals surface area contributed by atoms with Gasteiger partial charge in [-0.15, -0.1) is 11.3 Å². The number of carbonyl (C=O) groups excluding carboxylic acids is 1. The molecule has 1 aliphatic heterocycles. The molecule has 1 aromatic carbocycles. The third-order valence-electron chi connectivity index (χ3n) is 5.60. The van der Waals surface area contributed by atoms with Crippen LogP contribution in [0.4, 0.5) is 0 Å². The summed E-state index contributed by atoms with van der Waals surface area (Å²) in [5.74, 6) is 0.883. The van der Waals surface area contributed by atoms with Crippen LogP contribution in [-0.4, -0.2) is 68.0 Å². The number of amides is 1. The zero-order chi connectivity index (χ0) is 22.2. The van der Waals surface area contributed by atoms with E-state index in [1.165, 1.54) is 5.56 Å². The number of benzene rings is 1. The van der Waals surface area contributed by atoms with E-state index in [1.54, 1.807) is 23.9 Å². The van der Waals surface area contributed by atoms with Crippen LogP contribution < -0.4 is 10.6 Å². The molecule has 1 aliphatic rings. The van der Waals surface area contributed by atoms with Crippen LogP contribution in [-0.2, 0) is 19.4 Å². The highest BCUT2D eigenvalue weighted by Gasteiger charge is 2.21. The molecule has 3 rings (SSSR count). The van der Waals surface area contributed by atoms with Gasteiger partial charge in [0.15, 0.2) is 5.96 Å². The number of fused-ring (bicyclic) bond motifs is 1. The second-order valence-corrected chi connectivity index (χ2v) is 9.24. The summed E-state index contributed by atoms with van der Waals surface area (Å²) >= 11 is 1.88. The van der Waals surface area contributed by atoms with Crippen LogP contribution in [0.25, 0.3) is 0 Å². The van der Waals surface area contributed by atoms with E-state index < -0.39 is 0 Å². The van der Waals surface area contributed by atoms with Crippen LogP contribution in [0.1, 0.15) is 40.2 Å². The van der Waals surface area contributed by atoms with Gasteiger partial charge in [-0.05, 0) is 61.4 Å². The second-order valence-electron chi connectivity index (χ2n) is 8.23. The molecule has 0 aliphatic carbocycles. The fourth-order valence-electron chi connectivity index (χ4n) is 3.77.